The zero-order chi connectivity index (χ0) is 26.0. The van der Waals surface area contributed by atoms with Gasteiger partial charge in [0.15, 0.2) is 0 Å². The van der Waals surface area contributed by atoms with Crippen LogP contribution in [0.25, 0.3) is 0 Å². The molecule has 0 bridgehead atoms. The zero-order valence-corrected chi connectivity index (χ0v) is 21.0. The van der Waals surface area contributed by atoms with Crippen molar-refractivity contribution in [1.29, 1.82) is 0 Å². The highest BCUT2D eigenvalue weighted by atomic mass is 32.2. The Balaban J connectivity index is 1.32. The maximum Gasteiger partial charge on any atom is 0.416 e. The standard InChI is InChI=1S/C29H27F3N2O2S/c30-29(31,32)24-13-11-23(12-14-24)26(35)34-19-20-37-28(34)15-17-33(18-16-28)27(36)25(21-7-3-1-4-8-21)22-9-5-2-6-10-22/h1-14,25H,15-20H2. The maximum atomic E-state index is 13.8. The van der Waals surface area contributed by atoms with Crippen molar-refractivity contribution in [2.75, 3.05) is 25.4 Å². The summed E-state index contributed by atoms with van der Waals surface area (Å²) in [5.74, 6) is 0.134. The highest BCUT2D eigenvalue weighted by molar-refractivity contribution is 8.00. The molecule has 0 unspecified atom stereocenters. The SMILES string of the molecule is O=C(C(c1ccccc1)c1ccccc1)N1CCC2(CC1)SCCN2C(=O)c1ccc(C(F)(F)F)cc1. The lowest BCUT2D eigenvalue weighted by atomic mass is 9.89. The molecule has 0 atom stereocenters. The van der Waals surface area contributed by atoms with Gasteiger partial charge in [0.2, 0.25) is 5.91 Å². The van der Waals surface area contributed by atoms with Gasteiger partial charge in [0.1, 0.15) is 0 Å². The second-order valence-electron chi connectivity index (χ2n) is 9.41. The highest BCUT2D eigenvalue weighted by Gasteiger charge is 2.47. The van der Waals surface area contributed by atoms with E-state index in [2.05, 4.69) is 0 Å². The van der Waals surface area contributed by atoms with Crippen LogP contribution in [0.3, 0.4) is 0 Å². The number of halogens is 3. The van der Waals surface area contributed by atoms with Crippen molar-refractivity contribution < 1.29 is 22.8 Å². The average molecular weight is 525 g/mol. The minimum atomic E-state index is -4.44. The van der Waals surface area contributed by atoms with Crippen LogP contribution in [0, 0.1) is 0 Å². The molecule has 1 spiro atoms. The molecule has 5 rings (SSSR count). The van der Waals surface area contributed by atoms with Crippen molar-refractivity contribution in [2.45, 2.75) is 29.8 Å². The van der Waals surface area contributed by atoms with Gasteiger partial charge in [0, 0.05) is 31.0 Å². The van der Waals surface area contributed by atoms with Gasteiger partial charge >= 0.3 is 6.18 Å². The van der Waals surface area contributed by atoms with Crippen molar-refractivity contribution >= 4 is 23.6 Å². The third kappa shape index (κ3) is 5.12. The van der Waals surface area contributed by atoms with Crippen molar-refractivity contribution in [2.24, 2.45) is 0 Å². The fourth-order valence-electron chi connectivity index (χ4n) is 5.29. The summed E-state index contributed by atoms with van der Waals surface area (Å²) in [4.78, 5) is 30.4. The molecule has 0 radical (unpaired) electrons. The number of amides is 2. The molecular weight excluding hydrogens is 497 g/mol. The molecule has 2 aliphatic rings. The van der Waals surface area contributed by atoms with E-state index in [9.17, 15) is 22.8 Å². The Bertz CT molecular complexity index is 1200. The van der Waals surface area contributed by atoms with Crippen molar-refractivity contribution in [3.63, 3.8) is 0 Å². The maximum absolute atomic E-state index is 13.8. The number of benzene rings is 3. The first-order valence-corrected chi connectivity index (χ1v) is 13.3. The first-order valence-electron chi connectivity index (χ1n) is 12.3. The molecule has 0 saturated carbocycles. The van der Waals surface area contributed by atoms with Gasteiger partial charge in [-0.3, -0.25) is 9.59 Å². The lowest BCUT2D eigenvalue weighted by Gasteiger charge is -2.44. The fraction of sp³-hybridized carbons (Fsp3) is 0.310. The largest absolute Gasteiger partial charge is 0.416 e. The monoisotopic (exact) mass is 524 g/mol. The lowest BCUT2D eigenvalue weighted by molar-refractivity contribution is -0.137. The van der Waals surface area contributed by atoms with Crippen LogP contribution >= 0.6 is 11.8 Å². The lowest BCUT2D eigenvalue weighted by Crippen LogP contribution is -2.54. The van der Waals surface area contributed by atoms with Crippen molar-refractivity contribution in [1.82, 2.24) is 9.80 Å². The molecule has 2 aliphatic heterocycles. The van der Waals surface area contributed by atoms with Gasteiger partial charge in [-0.1, -0.05) is 60.7 Å². The van der Waals surface area contributed by atoms with Crippen LogP contribution in [-0.2, 0) is 11.0 Å². The van der Waals surface area contributed by atoms with Gasteiger partial charge in [-0.05, 0) is 48.2 Å². The predicted octanol–water partition coefficient (Wildman–Crippen LogP) is 6.05. The molecule has 0 aliphatic carbocycles. The molecule has 2 amide bonds. The Morgan fingerprint density at radius 2 is 1.32 bits per heavy atom. The Labute approximate surface area is 218 Å². The van der Waals surface area contributed by atoms with Gasteiger partial charge in [0.05, 0.1) is 16.4 Å². The van der Waals surface area contributed by atoms with Crippen LogP contribution in [-0.4, -0.2) is 51.9 Å². The van der Waals surface area contributed by atoms with E-state index in [0.29, 0.717) is 32.5 Å². The third-order valence-corrected chi connectivity index (χ3v) is 8.80. The van der Waals surface area contributed by atoms with Crippen LogP contribution in [0.2, 0.25) is 0 Å². The van der Waals surface area contributed by atoms with E-state index in [1.54, 1.807) is 16.7 Å². The summed E-state index contributed by atoms with van der Waals surface area (Å²) < 4.78 is 38.9. The molecule has 4 nitrogen and oxygen atoms in total. The van der Waals surface area contributed by atoms with E-state index in [1.165, 1.54) is 12.1 Å². The molecular formula is C29H27F3N2O2S. The topological polar surface area (TPSA) is 40.6 Å². The first kappa shape index (κ1) is 25.4. The number of likely N-dealkylation sites (tertiary alicyclic amines) is 1. The van der Waals surface area contributed by atoms with E-state index in [1.807, 2.05) is 65.6 Å². The molecule has 3 aromatic carbocycles. The molecule has 3 aromatic rings. The summed E-state index contributed by atoms with van der Waals surface area (Å²) in [7, 11) is 0. The molecule has 192 valence electrons. The van der Waals surface area contributed by atoms with Crippen LogP contribution in [0.5, 0.6) is 0 Å². The Hall–Kier alpha value is -3.26. The van der Waals surface area contributed by atoms with Gasteiger partial charge in [-0.15, -0.1) is 11.8 Å². The first-order chi connectivity index (χ1) is 17.8. The number of carbonyl (C=O) groups is 2. The van der Waals surface area contributed by atoms with Crippen LogP contribution in [0.4, 0.5) is 13.2 Å². The number of piperidine rings is 1. The molecule has 8 heteroatoms. The smallest absolute Gasteiger partial charge is 0.342 e. The van der Waals surface area contributed by atoms with Crippen LogP contribution < -0.4 is 0 Å². The van der Waals surface area contributed by atoms with Gasteiger partial charge in [0.25, 0.3) is 5.91 Å². The second kappa shape index (κ2) is 10.2. The molecule has 0 aromatic heterocycles. The molecule has 2 heterocycles. The average Bonchev–Trinajstić information content (AvgIpc) is 3.32. The molecule has 2 saturated heterocycles. The van der Waals surface area contributed by atoms with Crippen molar-refractivity contribution in [3.8, 4) is 0 Å². The fourth-order valence-corrected chi connectivity index (χ4v) is 6.75. The minimum absolute atomic E-state index is 0.0378. The molecule has 0 N–H and O–H groups in total. The number of nitrogens with zero attached hydrogens (tertiary/aromatic N) is 2. The van der Waals surface area contributed by atoms with E-state index in [-0.39, 0.29) is 17.4 Å². The third-order valence-electron chi connectivity index (χ3n) is 7.25. The van der Waals surface area contributed by atoms with E-state index >= 15 is 0 Å². The van der Waals surface area contributed by atoms with E-state index < -0.39 is 22.5 Å². The number of carbonyl (C=O) groups excluding carboxylic acids is 2. The van der Waals surface area contributed by atoms with Crippen molar-refractivity contribution in [3.05, 3.63) is 107 Å². The van der Waals surface area contributed by atoms with E-state index in [4.69, 9.17) is 0 Å². The normalized spacial score (nSPS) is 17.4. The number of alkyl halides is 3. The molecule has 37 heavy (non-hydrogen) atoms. The zero-order valence-electron chi connectivity index (χ0n) is 20.2. The van der Waals surface area contributed by atoms with Crippen LogP contribution in [0.15, 0.2) is 84.9 Å². The number of rotatable bonds is 4. The number of hydrogen-bond acceptors (Lipinski definition) is 3. The summed E-state index contributed by atoms with van der Waals surface area (Å²) in [6, 6.07) is 23.9. The summed E-state index contributed by atoms with van der Waals surface area (Å²) in [6.45, 7) is 1.56. The van der Waals surface area contributed by atoms with Gasteiger partial charge in [-0.2, -0.15) is 13.2 Å². The quantitative estimate of drug-likeness (QED) is 0.418. The number of hydrogen-bond donors (Lipinski definition) is 0. The summed E-state index contributed by atoms with van der Waals surface area (Å²) >= 11 is 1.71. The number of thioether (sulfide) groups is 1. The van der Waals surface area contributed by atoms with Crippen LogP contribution in [0.1, 0.15) is 45.8 Å². The van der Waals surface area contributed by atoms with E-state index in [0.717, 1.165) is 29.0 Å². The Morgan fingerprint density at radius 3 is 1.84 bits per heavy atom. The second-order valence-corrected chi connectivity index (χ2v) is 10.9. The predicted molar refractivity (Wildman–Crippen MR) is 138 cm³/mol. The van der Waals surface area contributed by atoms with Gasteiger partial charge in [-0.25, -0.2) is 0 Å². The minimum Gasteiger partial charge on any atom is -0.342 e. The summed E-state index contributed by atoms with van der Waals surface area (Å²) in [5, 5.41) is 0. The summed E-state index contributed by atoms with van der Waals surface area (Å²) in [6.07, 6.45) is -3.21. The Kier molecular flexibility index (Phi) is 7.03. The summed E-state index contributed by atoms with van der Waals surface area (Å²) in [5.41, 5.74) is 1.36. The van der Waals surface area contributed by atoms with Gasteiger partial charge < -0.3 is 9.80 Å². The Morgan fingerprint density at radius 1 is 0.784 bits per heavy atom. The molecule has 2 fully saturated rings. The highest BCUT2D eigenvalue weighted by Crippen LogP contribution is 2.45.